The van der Waals surface area contributed by atoms with E-state index >= 15 is 0 Å². The van der Waals surface area contributed by atoms with Gasteiger partial charge in [0.15, 0.2) is 0 Å². The molecule has 0 aliphatic carbocycles. The van der Waals surface area contributed by atoms with Crippen molar-refractivity contribution in [2.75, 3.05) is 37.6 Å². The number of hydrogen-bond acceptors (Lipinski definition) is 3. The van der Waals surface area contributed by atoms with Gasteiger partial charge in [-0.05, 0) is 12.1 Å². The maximum absolute atomic E-state index is 13.6. The van der Waals surface area contributed by atoms with Crippen LogP contribution in [0.15, 0.2) is 24.3 Å². The van der Waals surface area contributed by atoms with Gasteiger partial charge in [0.25, 0.3) is 0 Å². The summed E-state index contributed by atoms with van der Waals surface area (Å²) < 4.78 is 13.6. The van der Waals surface area contributed by atoms with Gasteiger partial charge in [-0.1, -0.05) is 24.4 Å². The highest BCUT2D eigenvalue weighted by Crippen LogP contribution is 2.19. The van der Waals surface area contributed by atoms with Crippen molar-refractivity contribution in [3.63, 3.8) is 0 Å². The molecule has 0 radical (unpaired) electrons. The van der Waals surface area contributed by atoms with Gasteiger partial charge in [-0.25, -0.2) is 4.39 Å². The van der Waals surface area contributed by atoms with Gasteiger partial charge in [0.1, 0.15) is 5.82 Å². The van der Waals surface area contributed by atoms with Crippen LogP contribution in [0.5, 0.6) is 0 Å². The fourth-order valence-electron chi connectivity index (χ4n) is 2.08. The van der Waals surface area contributed by atoms with Crippen LogP contribution in [-0.4, -0.2) is 42.6 Å². The molecule has 1 aromatic carbocycles. The van der Waals surface area contributed by atoms with Crippen molar-refractivity contribution < 1.29 is 4.39 Å². The Hall–Kier alpha value is -1.20. The highest BCUT2D eigenvalue weighted by Gasteiger charge is 2.19. The van der Waals surface area contributed by atoms with Gasteiger partial charge >= 0.3 is 0 Å². The van der Waals surface area contributed by atoms with Crippen LogP contribution in [0.1, 0.15) is 0 Å². The van der Waals surface area contributed by atoms with Crippen molar-refractivity contribution >= 4 is 22.9 Å². The first-order chi connectivity index (χ1) is 8.16. The molecule has 0 bridgehead atoms. The van der Waals surface area contributed by atoms with Crippen LogP contribution < -0.4 is 10.6 Å². The molecular formula is C12H16FN3S. The monoisotopic (exact) mass is 253 g/mol. The summed E-state index contributed by atoms with van der Waals surface area (Å²) in [7, 11) is 0. The second kappa shape index (κ2) is 5.42. The first kappa shape index (κ1) is 12.3. The van der Waals surface area contributed by atoms with Gasteiger partial charge in [-0.15, -0.1) is 0 Å². The summed E-state index contributed by atoms with van der Waals surface area (Å²) in [5.74, 6) is -0.157. The van der Waals surface area contributed by atoms with Gasteiger partial charge in [-0.2, -0.15) is 0 Å². The molecule has 92 valence electrons. The highest BCUT2D eigenvalue weighted by atomic mass is 32.1. The predicted molar refractivity (Wildman–Crippen MR) is 71.8 cm³/mol. The predicted octanol–water partition coefficient (Wildman–Crippen LogP) is 1.23. The normalized spacial score (nSPS) is 17.1. The summed E-state index contributed by atoms with van der Waals surface area (Å²) in [6.45, 7) is 4.00. The molecule has 0 unspecified atom stereocenters. The number of anilines is 1. The molecule has 1 aromatic rings. The van der Waals surface area contributed by atoms with Crippen molar-refractivity contribution in [2.24, 2.45) is 5.73 Å². The Morgan fingerprint density at radius 2 is 1.88 bits per heavy atom. The molecule has 1 aliphatic heterocycles. The Morgan fingerprint density at radius 1 is 1.24 bits per heavy atom. The van der Waals surface area contributed by atoms with Crippen molar-refractivity contribution in [1.82, 2.24) is 4.90 Å². The van der Waals surface area contributed by atoms with E-state index in [0.29, 0.717) is 17.2 Å². The third-order valence-electron chi connectivity index (χ3n) is 2.94. The van der Waals surface area contributed by atoms with E-state index in [1.807, 2.05) is 12.1 Å². The Labute approximate surface area is 106 Å². The maximum atomic E-state index is 13.6. The third-order valence-corrected chi connectivity index (χ3v) is 3.07. The van der Waals surface area contributed by atoms with Crippen LogP contribution in [0.2, 0.25) is 0 Å². The lowest BCUT2D eigenvalue weighted by molar-refractivity contribution is 0.291. The molecule has 1 saturated heterocycles. The van der Waals surface area contributed by atoms with Crippen LogP contribution in [0.3, 0.4) is 0 Å². The van der Waals surface area contributed by atoms with Crippen LogP contribution in [-0.2, 0) is 0 Å². The number of nitrogens with two attached hydrogens (primary N) is 1. The molecule has 0 saturated carbocycles. The van der Waals surface area contributed by atoms with E-state index in [2.05, 4.69) is 9.80 Å². The van der Waals surface area contributed by atoms with Crippen molar-refractivity contribution in [2.45, 2.75) is 0 Å². The standard InChI is InChI=1S/C12H16FN3S/c13-10-3-1-2-4-11(10)16-7-5-15(6-8-16)9-12(14)17/h1-4H,5-9H2,(H2,14,17). The number of piperazine rings is 1. The van der Waals surface area contributed by atoms with Crippen LogP contribution >= 0.6 is 12.2 Å². The number of rotatable bonds is 3. The molecule has 17 heavy (non-hydrogen) atoms. The minimum absolute atomic E-state index is 0.157. The summed E-state index contributed by atoms with van der Waals surface area (Å²) in [5, 5.41) is 0. The van der Waals surface area contributed by atoms with E-state index in [4.69, 9.17) is 18.0 Å². The van der Waals surface area contributed by atoms with E-state index in [9.17, 15) is 4.39 Å². The average Bonchev–Trinajstić information content (AvgIpc) is 2.30. The number of para-hydroxylation sites is 1. The van der Waals surface area contributed by atoms with Crippen molar-refractivity contribution in [3.05, 3.63) is 30.1 Å². The Kier molecular flexibility index (Phi) is 3.91. The molecule has 2 N–H and O–H groups in total. The van der Waals surface area contributed by atoms with E-state index in [0.717, 1.165) is 26.2 Å². The van der Waals surface area contributed by atoms with Crippen molar-refractivity contribution in [3.8, 4) is 0 Å². The van der Waals surface area contributed by atoms with Crippen LogP contribution in [0.25, 0.3) is 0 Å². The Bertz CT molecular complexity index is 402. The zero-order valence-corrected chi connectivity index (χ0v) is 10.4. The lowest BCUT2D eigenvalue weighted by Gasteiger charge is -2.35. The quantitative estimate of drug-likeness (QED) is 0.821. The highest BCUT2D eigenvalue weighted by molar-refractivity contribution is 7.80. The molecule has 5 heteroatoms. The molecule has 0 aromatic heterocycles. The first-order valence-electron chi connectivity index (χ1n) is 5.67. The lowest BCUT2D eigenvalue weighted by Crippen LogP contribution is -2.48. The minimum Gasteiger partial charge on any atom is -0.392 e. The molecule has 1 aliphatic rings. The van der Waals surface area contributed by atoms with E-state index < -0.39 is 0 Å². The van der Waals surface area contributed by atoms with Crippen molar-refractivity contribution in [1.29, 1.82) is 0 Å². The molecule has 0 atom stereocenters. The number of nitrogens with zero attached hydrogens (tertiary/aromatic N) is 2. The lowest BCUT2D eigenvalue weighted by atomic mass is 10.2. The van der Waals surface area contributed by atoms with Crippen LogP contribution in [0.4, 0.5) is 10.1 Å². The Morgan fingerprint density at radius 3 is 2.47 bits per heavy atom. The summed E-state index contributed by atoms with van der Waals surface area (Å²) in [4.78, 5) is 4.77. The van der Waals surface area contributed by atoms with Gasteiger partial charge in [0, 0.05) is 32.7 Å². The van der Waals surface area contributed by atoms with Gasteiger partial charge in [0.2, 0.25) is 0 Å². The van der Waals surface area contributed by atoms with E-state index in [1.54, 1.807) is 6.07 Å². The molecular weight excluding hydrogens is 237 g/mol. The summed E-state index contributed by atoms with van der Waals surface area (Å²) in [6, 6.07) is 6.89. The summed E-state index contributed by atoms with van der Waals surface area (Å²) in [6.07, 6.45) is 0. The molecule has 0 spiro atoms. The smallest absolute Gasteiger partial charge is 0.146 e. The third kappa shape index (κ3) is 3.14. The molecule has 3 nitrogen and oxygen atoms in total. The minimum atomic E-state index is -0.157. The van der Waals surface area contributed by atoms with E-state index in [1.165, 1.54) is 6.07 Å². The maximum Gasteiger partial charge on any atom is 0.146 e. The fourth-order valence-corrected chi connectivity index (χ4v) is 2.26. The molecule has 1 fully saturated rings. The zero-order valence-electron chi connectivity index (χ0n) is 9.60. The second-order valence-corrected chi connectivity index (χ2v) is 4.71. The van der Waals surface area contributed by atoms with Gasteiger partial charge in [-0.3, -0.25) is 4.90 Å². The average molecular weight is 253 g/mol. The van der Waals surface area contributed by atoms with Crippen LogP contribution in [0, 0.1) is 5.82 Å². The largest absolute Gasteiger partial charge is 0.392 e. The topological polar surface area (TPSA) is 32.5 Å². The zero-order chi connectivity index (χ0) is 12.3. The first-order valence-corrected chi connectivity index (χ1v) is 6.08. The fraction of sp³-hybridized carbons (Fsp3) is 0.417. The molecule has 0 amide bonds. The second-order valence-electron chi connectivity index (χ2n) is 4.18. The molecule has 1 heterocycles. The Balaban J connectivity index is 1.95. The van der Waals surface area contributed by atoms with E-state index in [-0.39, 0.29) is 5.82 Å². The summed E-state index contributed by atoms with van der Waals surface area (Å²) in [5.41, 5.74) is 6.19. The number of hydrogen-bond donors (Lipinski definition) is 1. The molecule has 2 rings (SSSR count). The number of benzene rings is 1. The number of thiocarbonyl (C=S) groups is 1. The number of halogens is 1. The van der Waals surface area contributed by atoms with Gasteiger partial charge in [0.05, 0.1) is 10.7 Å². The van der Waals surface area contributed by atoms with Gasteiger partial charge < -0.3 is 10.6 Å². The SMILES string of the molecule is NC(=S)CN1CCN(c2ccccc2F)CC1. The summed E-state index contributed by atoms with van der Waals surface area (Å²) >= 11 is 4.88.